The van der Waals surface area contributed by atoms with Crippen molar-refractivity contribution in [3.63, 3.8) is 0 Å². The molecule has 8 heteroatoms. The second kappa shape index (κ2) is 8.05. The maximum atomic E-state index is 12.5. The van der Waals surface area contributed by atoms with Crippen molar-refractivity contribution >= 4 is 22.6 Å². The Bertz CT molecular complexity index is 1210. The normalized spacial score (nSPS) is 10.9. The van der Waals surface area contributed by atoms with Gasteiger partial charge in [0.15, 0.2) is 0 Å². The van der Waals surface area contributed by atoms with Crippen LogP contribution in [0.3, 0.4) is 0 Å². The van der Waals surface area contributed by atoms with E-state index in [0.717, 1.165) is 16.7 Å². The number of hydrogen-bond acceptors (Lipinski definition) is 5. The lowest BCUT2D eigenvalue weighted by Gasteiger charge is -2.10. The minimum absolute atomic E-state index is 0.229. The molecule has 8 nitrogen and oxygen atoms in total. The monoisotopic (exact) mass is 388 g/mol. The molecule has 0 aliphatic carbocycles. The molecule has 0 aliphatic heterocycles. The molecular weight excluding hydrogens is 368 g/mol. The molecule has 0 fully saturated rings. The predicted molar refractivity (Wildman–Crippen MR) is 110 cm³/mol. The summed E-state index contributed by atoms with van der Waals surface area (Å²) in [5.74, 6) is 0.177. The number of anilines is 1. The topological polar surface area (TPSA) is 94.7 Å². The van der Waals surface area contributed by atoms with Crippen molar-refractivity contribution in [3.8, 4) is 0 Å². The number of amides is 1. The zero-order valence-corrected chi connectivity index (χ0v) is 15.9. The van der Waals surface area contributed by atoms with Gasteiger partial charge in [0, 0.05) is 6.07 Å². The van der Waals surface area contributed by atoms with Crippen molar-refractivity contribution in [2.45, 2.75) is 26.4 Å². The molecule has 0 spiro atoms. The van der Waals surface area contributed by atoms with E-state index in [4.69, 9.17) is 0 Å². The van der Waals surface area contributed by atoms with E-state index in [1.165, 1.54) is 5.56 Å². The first kappa shape index (κ1) is 18.5. The van der Waals surface area contributed by atoms with E-state index in [1.54, 1.807) is 41.2 Å². The van der Waals surface area contributed by atoms with Gasteiger partial charge in [-0.15, -0.1) is 5.10 Å². The van der Waals surface area contributed by atoms with E-state index in [-0.39, 0.29) is 18.0 Å². The smallest absolute Gasteiger partial charge is 0.278 e. The number of fused-ring (bicyclic) bond motifs is 1. The third-order valence-electron chi connectivity index (χ3n) is 4.67. The van der Waals surface area contributed by atoms with Crippen molar-refractivity contribution < 1.29 is 4.79 Å². The number of carbonyl (C=O) groups excluding carboxylic acids is 1. The third kappa shape index (κ3) is 4.06. The Morgan fingerprint density at radius 2 is 1.76 bits per heavy atom. The minimum Gasteiger partial charge on any atom is -0.309 e. The van der Waals surface area contributed by atoms with Crippen molar-refractivity contribution in [1.29, 1.82) is 0 Å². The van der Waals surface area contributed by atoms with Crippen molar-refractivity contribution in [2.24, 2.45) is 0 Å². The van der Waals surface area contributed by atoms with Crippen LogP contribution in [0, 0.1) is 0 Å². The zero-order valence-electron chi connectivity index (χ0n) is 15.9. The average molecular weight is 388 g/mol. The molecule has 4 aromatic rings. The van der Waals surface area contributed by atoms with Gasteiger partial charge in [-0.3, -0.25) is 9.59 Å². The Balaban J connectivity index is 1.47. The molecule has 2 heterocycles. The Morgan fingerprint density at radius 3 is 2.55 bits per heavy atom. The quantitative estimate of drug-likeness (QED) is 0.547. The summed E-state index contributed by atoms with van der Waals surface area (Å²) in [6.07, 6.45) is 2.61. The highest BCUT2D eigenvalue weighted by Gasteiger charge is 2.12. The third-order valence-corrected chi connectivity index (χ3v) is 4.67. The lowest BCUT2D eigenvalue weighted by atomic mass is 10.1. The standard InChI is InChI=1S/C21H20N6O2/c1-2-15-7-9-16(10-8-15)13-26-19(11-12-22-26)23-20(28)14-27-21(29)17-5-3-4-6-18(17)24-25-27/h3-12H,2,13-14H2,1H3,(H,23,28). The van der Waals surface area contributed by atoms with Gasteiger partial charge in [0.25, 0.3) is 5.56 Å². The number of nitrogens with one attached hydrogen (secondary N) is 1. The van der Waals surface area contributed by atoms with Gasteiger partial charge in [0.2, 0.25) is 5.91 Å². The number of hydrogen-bond donors (Lipinski definition) is 1. The van der Waals surface area contributed by atoms with Crippen LogP contribution >= 0.6 is 0 Å². The fourth-order valence-corrected chi connectivity index (χ4v) is 3.06. The average Bonchev–Trinajstić information content (AvgIpc) is 3.17. The van der Waals surface area contributed by atoms with Crippen molar-refractivity contribution in [2.75, 3.05) is 5.32 Å². The maximum absolute atomic E-state index is 12.5. The molecule has 0 saturated carbocycles. The zero-order chi connectivity index (χ0) is 20.2. The van der Waals surface area contributed by atoms with Crippen LogP contribution in [-0.2, 0) is 24.3 Å². The molecule has 29 heavy (non-hydrogen) atoms. The number of aromatic nitrogens is 5. The highest BCUT2D eigenvalue weighted by Crippen LogP contribution is 2.12. The van der Waals surface area contributed by atoms with Gasteiger partial charge in [-0.1, -0.05) is 48.5 Å². The second-order valence-electron chi connectivity index (χ2n) is 6.66. The summed E-state index contributed by atoms with van der Waals surface area (Å²) >= 11 is 0. The number of carbonyl (C=O) groups is 1. The van der Waals surface area contributed by atoms with Crippen molar-refractivity contribution in [3.05, 3.63) is 82.3 Å². The van der Waals surface area contributed by atoms with Crippen LogP contribution < -0.4 is 10.9 Å². The van der Waals surface area contributed by atoms with E-state index in [1.807, 2.05) is 0 Å². The van der Waals surface area contributed by atoms with Crippen LogP contribution in [0.2, 0.25) is 0 Å². The molecule has 1 N–H and O–H groups in total. The summed E-state index contributed by atoms with van der Waals surface area (Å²) in [5.41, 5.74) is 2.50. The lowest BCUT2D eigenvalue weighted by molar-refractivity contribution is -0.117. The summed E-state index contributed by atoms with van der Waals surface area (Å²) in [6.45, 7) is 2.41. The number of nitrogens with zero attached hydrogens (tertiary/aromatic N) is 5. The fraction of sp³-hybridized carbons (Fsp3) is 0.190. The second-order valence-corrected chi connectivity index (χ2v) is 6.66. The summed E-state index contributed by atoms with van der Waals surface area (Å²) < 4.78 is 2.76. The minimum atomic E-state index is -0.375. The molecule has 2 aromatic heterocycles. The van der Waals surface area contributed by atoms with Gasteiger partial charge in [0.05, 0.1) is 18.1 Å². The molecule has 0 atom stereocenters. The Kier molecular flexibility index (Phi) is 5.15. The molecule has 1 amide bonds. The molecule has 0 saturated heterocycles. The van der Waals surface area contributed by atoms with E-state index in [2.05, 4.69) is 51.9 Å². The number of aryl methyl sites for hydroxylation is 1. The first-order valence-corrected chi connectivity index (χ1v) is 9.36. The van der Waals surface area contributed by atoms with Gasteiger partial charge in [-0.05, 0) is 29.7 Å². The van der Waals surface area contributed by atoms with E-state index in [9.17, 15) is 9.59 Å². The first-order chi connectivity index (χ1) is 14.1. The van der Waals surface area contributed by atoms with E-state index < -0.39 is 0 Å². The van der Waals surface area contributed by atoms with Crippen LogP contribution in [0.1, 0.15) is 18.1 Å². The van der Waals surface area contributed by atoms with Gasteiger partial charge >= 0.3 is 0 Å². The number of benzene rings is 2. The van der Waals surface area contributed by atoms with Crippen LogP contribution in [0.4, 0.5) is 5.82 Å². The van der Waals surface area contributed by atoms with Crippen LogP contribution in [0.15, 0.2) is 65.6 Å². The fourth-order valence-electron chi connectivity index (χ4n) is 3.06. The van der Waals surface area contributed by atoms with E-state index >= 15 is 0 Å². The summed E-state index contributed by atoms with van der Waals surface area (Å²) in [7, 11) is 0. The predicted octanol–water partition coefficient (Wildman–Crippen LogP) is 2.24. The molecule has 0 radical (unpaired) electrons. The van der Waals surface area contributed by atoms with Gasteiger partial charge in [-0.2, -0.15) is 5.10 Å². The Hall–Kier alpha value is -3.81. The van der Waals surface area contributed by atoms with Gasteiger partial charge < -0.3 is 5.32 Å². The molecule has 0 aliphatic rings. The van der Waals surface area contributed by atoms with Crippen LogP contribution in [-0.4, -0.2) is 30.7 Å². The van der Waals surface area contributed by atoms with Crippen LogP contribution in [0.25, 0.3) is 10.9 Å². The molecule has 146 valence electrons. The summed E-state index contributed by atoms with van der Waals surface area (Å²) in [6, 6.07) is 16.9. The Morgan fingerprint density at radius 1 is 1.00 bits per heavy atom. The molecule has 2 aromatic carbocycles. The molecule has 0 unspecified atom stereocenters. The molecule has 4 rings (SSSR count). The summed E-state index contributed by atoms with van der Waals surface area (Å²) in [4.78, 5) is 25.0. The Labute approximate surface area is 166 Å². The largest absolute Gasteiger partial charge is 0.309 e. The van der Waals surface area contributed by atoms with E-state index in [0.29, 0.717) is 23.3 Å². The van der Waals surface area contributed by atoms with Crippen molar-refractivity contribution in [1.82, 2.24) is 24.8 Å². The molecular formula is C21H20N6O2. The summed E-state index contributed by atoms with van der Waals surface area (Å²) in [5, 5.41) is 15.3. The maximum Gasteiger partial charge on any atom is 0.278 e. The highest BCUT2D eigenvalue weighted by atomic mass is 16.2. The SMILES string of the molecule is CCc1ccc(Cn2nccc2NC(=O)Cn2nnc3ccccc3c2=O)cc1. The first-order valence-electron chi connectivity index (χ1n) is 9.36. The highest BCUT2D eigenvalue weighted by molar-refractivity contribution is 5.89. The lowest BCUT2D eigenvalue weighted by Crippen LogP contribution is -2.31. The van der Waals surface area contributed by atoms with Crippen LogP contribution in [0.5, 0.6) is 0 Å². The van der Waals surface area contributed by atoms with Gasteiger partial charge in [-0.25, -0.2) is 9.36 Å². The molecule has 0 bridgehead atoms. The number of rotatable bonds is 6. The van der Waals surface area contributed by atoms with Gasteiger partial charge in [0.1, 0.15) is 17.9 Å².